The van der Waals surface area contributed by atoms with Crippen LogP contribution in [0.25, 0.3) is 0 Å². The Hall–Kier alpha value is -4.52. The van der Waals surface area contributed by atoms with E-state index in [0.29, 0.717) is 11.5 Å². The first-order valence-corrected chi connectivity index (χ1v) is 19.2. The maximum absolute atomic E-state index is 13.2. The van der Waals surface area contributed by atoms with Crippen LogP contribution in [-0.2, 0) is 28.9 Å². The van der Waals surface area contributed by atoms with Gasteiger partial charge in [0.2, 0.25) is 5.91 Å². The normalized spacial score (nSPS) is 20.8. The number of nitriles is 1. The van der Waals surface area contributed by atoms with Crippen LogP contribution in [0.3, 0.4) is 0 Å². The molecule has 286 valence electrons. The van der Waals surface area contributed by atoms with Crippen molar-refractivity contribution >= 4 is 20.5 Å². The van der Waals surface area contributed by atoms with E-state index in [9.17, 15) is 14.9 Å². The zero-order valence-corrected chi connectivity index (χ0v) is 32.5. The number of carbonyl (C=O) groups is 2. The lowest BCUT2D eigenvalue weighted by molar-refractivity contribution is -0.128. The average Bonchev–Trinajstić information content (AvgIpc) is 3.57. The van der Waals surface area contributed by atoms with Crippen LogP contribution in [0.2, 0.25) is 0 Å². The first-order chi connectivity index (χ1) is 26.1. The van der Waals surface area contributed by atoms with E-state index in [4.69, 9.17) is 34.4 Å². The Kier molecular flexibility index (Phi) is 14.1. The van der Waals surface area contributed by atoms with Gasteiger partial charge in [0.1, 0.15) is 35.3 Å². The Labute approximate surface area is 319 Å². The Morgan fingerprint density at radius 1 is 0.944 bits per heavy atom. The lowest BCUT2D eigenvalue weighted by Gasteiger charge is -2.39. The third-order valence-corrected chi connectivity index (χ3v) is 11.6. The second-order valence-corrected chi connectivity index (χ2v) is 14.9. The summed E-state index contributed by atoms with van der Waals surface area (Å²) in [6.45, 7) is 8.45. The SMILES string of the molecule is C#CC1CN([C@H]2C[C@H](OP(OCCC#N)N(C(C)C)C(C)C)[C@@H](COC(c3ccccc3)(c3ccc(OC)cc3)c3ccc(OC)cc3)O2)C(=O)NC1=O. The number of ether oxygens (including phenoxy) is 4. The first kappa shape index (κ1) is 40.7. The van der Waals surface area contributed by atoms with Gasteiger partial charge in [0.05, 0.1) is 46.0 Å². The van der Waals surface area contributed by atoms with Crippen molar-refractivity contribution in [3.8, 4) is 29.9 Å². The minimum absolute atomic E-state index is 0.00464. The highest BCUT2D eigenvalue weighted by molar-refractivity contribution is 7.44. The largest absolute Gasteiger partial charge is 0.497 e. The van der Waals surface area contributed by atoms with Gasteiger partial charge in [0, 0.05) is 25.0 Å². The van der Waals surface area contributed by atoms with Crippen molar-refractivity contribution in [3.63, 3.8) is 0 Å². The first-order valence-electron chi connectivity index (χ1n) is 18.0. The molecule has 54 heavy (non-hydrogen) atoms. The maximum atomic E-state index is 13.2. The number of hydrogen-bond donors (Lipinski definition) is 1. The lowest BCUT2D eigenvalue weighted by Crippen LogP contribution is -2.57. The van der Waals surface area contributed by atoms with Crippen molar-refractivity contribution in [2.75, 3.05) is 34.0 Å². The lowest BCUT2D eigenvalue weighted by atomic mass is 9.80. The number of benzene rings is 3. The molecule has 0 spiro atoms. The number of amides is 3. The van der Waals surface area contributed by atoms with E-state index in [-0.39, 0.29) is 44.7 Å². The van der Waals surface area contributed by atoms with E-state index < -0.39 is 50.4 Å². The summed E-state index contributed by atoms with van der Waals surface area (Å²) in [5.41, 5.74) is 1.40. The summed E-state index contributed by atoms with van der Waals surface area (Å²) in [5.74, 6) is 2.52. The second-order valence-electron chi connectivity index (χ2n) is 13.5. The van der Waals surface area contributed by atoms with Crippen molar-refractivity contribution in [2.45, 2.75) is 76.7 Å². The molecule has 2 unspecified atom stereocenters. The van der Waals surface area contributed by atoms with Gasteiger partial charge in [-0.05, 0) is 68.7 Å². The van der Waals surface area contributed by atoms with Crippen molar-refractivity contribution in [1.29, 1.82) is 5.26 Å². The smallest absolute Gasteiger partial charge is 0.326 e. The van der Waals surface area contributed by atoms with Crippen LogP contribution in [0.4, 0.5) is 4.79 Å². The zero-order valence-electron chi connectivity index (χ0n) is 31.6. The highest BCUT2D eigenvalue weighted by atomic mass is 31.2. The van der Waals surface area contributed by atoms with Gasteiger partial charge in [0.15, 0.2) is 0 Å². The molecule has 12 nitrogen and oxygen atoms in total. The Bertz CT molecular complexity index is 1720. The Morgan fingerprint density at radius 2 is 1.52 bits per heavy atom. The van der Waals surface area contributed by atoms with Gasteiger partial charge in [-0.15, -0.1) is 6.42 Å². The molecule has 2 heterocycles. The molecule has 2 fully saturated rings. The third kappa shape index (κ3) is 9.05. The monoisotopic (exact) mass is 756 g/mol. The van der Waals surface area contributed by atoms with Crippen molar-refractivity contribution in [1.82, 2.24) is 14.9 Å². The average molecular weight is 757 g/mol. The molecule has 2 aliphatic heterocycles. The Balaban J connectivity index is 1.57. The van der Waals surface area contributed by atoms with Crippen LogP contribution in [-0.4, -0.2) is 86.0 Å². The summed E-state index contributed by atoms with van der Waals surface area (Å²) in [7, 11) is 1.56. The summed E-state index contributed by atoms with van der Waals surface area (Å²) in [4.78, 5) is 27.1. The van der Waals surface area contributed by atoms with Crippen LogP contribution in [0.15, 0.2) is 78.9 Å². The minimum atomic E-state index is -1.69. The molecule has 13 heteroatoms. The van der Waals surface area contributed by atoms with E-state index in [0.717, 1.165) is 16.7 Å². The van der Waals surface area contributed by atoms with Crippen molar-refractivity contribution < 1.29 is 37.6 Å². The van der Waals surface area contributed by atoms with Gasteiger partial charge in [-0.1, -0.05) is 60.5 Å². The number of carbonyl (C=O) groups excluding carboxylic acids is 2. The minimum Gasteiger partial charge on any atom is -0.497 e. The van der Waals surface area contributed by atoms with E-state index in [1.165, 1.54) is 4.90 Å². The number of imide groups is 1. The van der Waals surface area contributed by atoms with E-state index in [2.05, 4.69) is 49.7 Å². The number of terminal acetylenes is 1. The van der Waals surface area contributed by atoms with Gasteiger partial charge in [-0.25, -0.2) is 9.46 Å². The molecule has 0 radical (unpaired) electrons. The summed E-state index contributed by atoms with van der Waals surface area (Å²) >= 11 is 0. The van der Waals surface area contributed by atoms with E-state index in [1.54, 1.807) is 14.2 Å². The molecular formula is C41H49N4O8P. The third-order valence-electron chi connectivity index (χ3n) is 9.44. The fourth-order valence-electron chi connectivity index (χ4n) is 6.85. The predicted octanol–water partition coefficient (Wildman–Crippen LogP) is 6.59. The molecule has 0 bridgehead atoms. The summed E-state index contributed by atoms with van der Waals surface area (Å²) in [5, 5.41) is 11.7. The number of urea groups is 1. The molecule has 2 aliphatic rings. The Morgan fingerprint density at radius 3 is 2.04 bits per heavy atom. The topological polar surface area (TPSA) is 132 Å². The number of nitrogens with zero attached hydrogens (tertiary/aromatic N) is 3. The molecule has 0 aliphatic carbocycles. The zero-order chi connectivity index (χ0) is 38.8. The standard InChI is InChI=1S/C41H49N4O8P/c1-8-30-26-44(40(47)43-39(30)46)38-25-36(53-54(51-24-12-23-42)45(28(2)3)29(4)5)37(52-38)27-50-41(31-13-10-9-11-14-31,32-15-19-34(48-6)20-16-32)33-17-21-35(49-7)22-18-33/h1,9-11,13-22,28-30,36-38H,12,24-27H2,2-7H3,(H,43,46,47)/t30?,36-,37+,38+,54?/m0/s1. The number of hydrogen-bond acceptors (Lipinski definition) is 10. The maximum Gasteiger partial charge on any atom is 0.326 e. The van der Waals surface area contributed by atoms with Gasteiger partial charge in [-0.3, -0.25) is 15.0 Å². The fraction of sp³-hybridized carbons (Fsp3) is 0.439. The molecule has 2 saturated heterocycles. The molecule has 0 aromatic heterocycles. The molecule has 0 saturated carbocycles. The van der Waals surface area contributed by atoms with E-state index in [1.807, 2.05) is 78.9 Å². The summed E-state index contributed by atoms with van der Waals surface area (Å²) in [6.07, 6.45) is 3.99. The summed E-state index contributed by atoms with van der Waals surface area (Å²) in [6, 6.07) is 27.0. The van der Waals surface area contributed by atoms with Crippen molar-refractivity contribution in [2.24, 2.45) is 5.92 Å². The van der Waals surface area contributed by atoms with Crippen LogP contribution in [0.5, 0.6) is 11.5 Å². The number of nitrogens with one attached hydrogen (secondary N) is 1. The molecular weight excluding hydrogens is 707 g/mol. The number of rotatable bonds is 17. The molecule has 3 aromatic rings. The van der Waals surface area contributed by atoms with E-state index >= 15 is 0 Å². The molecule has 5 atom stereocenters. The molecule has 5 rings (SSSR count). The quantitative estimate of drug-likeness (QED) is 0.0697. The van der Waals surface area contributed by atoms with Gasteiger partial charge >= 0.3 is 6.03 Å². The molecule has 1 N–H and O–H groups in total. The van der Waals surface area contributed by atoms with Gasteiger partial charge < -0.3 is 28.0 Å². The summed E-state index contributed by atoms with van der Waals surface area (Å²) < 4.78 is 40.2. The predicted molar refractivity (Wildman–Crippen MR) is 204 cm³/mol. The van der Waals surface area contributed by atoms with Crippen LogP contribution >= 0.6 is 8.53 Å². The van der Waals surface area contributed by atoms with Crippen LogP contribution in [0, 0.1) is 29.6 Å². The second kappa shape index (κ2) is 18.7. The van der Waals surface area contributed by atoms with Gasteiger partial charge in [0.25, 0.3) is 8.53 Å². The van der Waals surface area contributed by atoms with Crippen LogP contribution in [0.1, 0.15) is 57.2 Å². The van der Waals surface area contributed by atoms with Gasteiger partial charge in [-0.2, -0.15) is 5.26 Å². The fourth-order valence-corrected chi connectivity index (χ4v) is 8.61. The number of methoxy groups -OCH3 is 2. The van der Waals surface area contributed by atoms with Crippen molar-refractivity contribution in [3.05, 3.63) is 95.6 Å². The molecule has 3 amide bonds. The van der Waals surface area contributed by atoms with Crippen LogP contribution < -0.4 is 14.8 Å². The molecule has 3 aromatic carbocycles. The highest BCUT2D eigenvalue weighted by Gasteiger charge is 2.48. The highest BCUT2D eigenvalue weighted by Crippen LogP contribution is 2.50.